The molecule has 1 aromatic rings. The number of hydrogen-bond donors (Lipinski definition) is 1. The molecule has 1 N–H and O–H groups in total. The van der Waals surface area contributed by atoms with Gasteiger partial charge in [0.1, 0.15) is 5.75 Å². The van der Waals surface area contributed by atoms with Gasteiger partial charge in [-0.15, -0.1) is 0 Å². The summed E-state index contributed by atoms with van der Waals surface area (Å²) < 4.78 is 10.7. The van der Waals surface area contributed by atoms with Crippen LogP contribution >= 0.6 is 11.6 Å². The molecule has 0 unspecified atom stereocenters. The van der Waals surface area contributed by atoms with Crippen LogP contribution in [0.2, 0.25) is 5.02 Å². The summed E-state index contributed by atoms with van der Waals surface area (Å²) in [6, 6.07) is 3.74. The van der Waals surface area contributed by atoms with Crippen molar-refractivity contribution >= 4 is 11.6 Å². The Bertz CT molecular complexity index is 459. The largest absolute Gasteiger partial charge is 0.507 e. The Labute approximate surface area is 136 Å². The van der Waals surface area contributed by atoms with Gasteiger partial charge in [-0.2, -0.15) is 0 Å². The molecule has 2 heterocycles. The van der Waals surface area contributed by atoms with Crippen LogP contribution in [0.1, 0.15) is 11.1 Å². The average molecular weight is 327 g/mol. The standard InChI is InChI=1S/C16H23ClN2O3/c17-15-9-13(11-18-1-5-21-6-2-18)16(20)14(10-15)12-19-3-7-22-8-4-19/h9-10,20H,1-8,11-12H2. The number of benzene rings is 1. The fraction of sp³-hybridized carbons (Fsp3) is 0.625. The molecule has 6 heteroatoms. The van der Waals surface area contributed by atoms with Gasteiger partial charge in [0.2, 0.25) is 0 Å². The third-order valence-electron chi connectivity index (χ3n) is 4.23. The van der Waals surface area contributed by atoms with Crippen molar-refractivity contribution < 1.29 is 14.6 Å². The molecule has 2 fully saturated rings. The lowest BCUT2D eigenvalue weighted by atomic mass is 10.1. The first-order valence-electron chi connectivity index (χ1n) is 7.83. The van der Waals surface area contributed by atoms with Gasteiger partial charge in [-0.1, -0.05) is 11.6 Å². The van der Waals surface area contributed by atoms with Crippen LogP contribution < -0.4 is 0 Å². The van der Waals surface area contributed by atoms with E-state index in [1.807, 2.05) is 12.1 Å². The van der Waals surface area contributed by atoms with Crippen molar-refractivity contribution in [1.82, 2.24) is 9.80 Å². The zero-order chi connectivity index (χ0) is 15.4. The molecule has 5 nitrogen and oxygen atoms in total. The lowest BCUT2D eigenvalue weighted by molar-refractivity contribution is 0.0327. The molecular formula is C16H23ClN2O3. The van der Waals surface area contributed by atoms with Crippen molar-refractivity contribution in [3.63, 3.8) is 0 Å². The van der Waals surface area contributed by atoms with Crippen LogP contribution in [0.25, 0.3) is 0 Å². The first-order chi connectivity index (χ1) is 10.7. The number of aromatic hydroxyl groups is 1. The average Bonchev–Trinajstić information content (AvgIpc) is 2.54. The van der Waals surface area contributed by atoms with Crippen LogP contribution in [-0.4, -0.2) is 67.5 Å². The quantitative estimate of drug-likeness (QED) is 0.912. The number of phenols is 1. The van der Waals surface area contributed by atoms with Crippen molar-refractivity contribution in [1.29, 1.82) is 0 Å². The molecule has 0 amide bonds. The Kier molecular flexibility index (Phi) is 5.55. The molecule has 122 valence electrons. The fourth-order valence-corrected chi connectivity index (χ4v) is 3.22. The summed E-state index contributed by atoms with van der Waals surface area (Å²) in [5.41, 5.74) is 1.80. The molecule has 0 aliphatic carbocycles. The molecule has 2 aliphatic heterocycles. The van der Waals surface area contributed by atoms with Gasteiger partial charge >= 0.3 is 0 Å². The lowest BCUT2D eigenvalue weighted by Crippen LogP contribution is -2.36. The maximum atomic E-state index is 10.6. The topological polar surface area (TPSA) is 45.2 Å². The van der Waals surface area contributed by atoms with E-state index in [2.05, 4.69) is 9.80 Å². The van der Waals surface area contributed by atoms with Crippen molar-refractivity contribution in [2.45, 2.75) is 13.1 Å². The van der Waals surface area contributed by atoms with E-state index in [1.165, 1.54) is 0 Å². The second-order valence-electron chi connectivity index (χ2n) is 5.85. The molecule has 2 aliphatic rings. The molecule has 0 radical (unpaired) electrons. The molecule has 3 rings (SSSR count). The highest BCUT2D eigenvalue weighted by molar-refractivity contribution is 6.30. The van der Waals surface area contributed by atoms with Crippen LogP contribution in [0.15, 0.2) is 12.1 Å². The van der Waals surface area contributed by atoms with Gasteiger partial charge in [-0.25, -0.2) is 0 Å². The van der Waals surface area contributed by atoms with Crippen LogP contribution in [0.4, 0.5) is 0 Å². The van der Waals surface area contributed by atoms with Gasteiger partial charge in [0, 0.05) is 55.4 Å². The molecule has 2 saturated heterocycles. The summed E-state index contributed by atoms with van der Waals surface area (Å²) in [6.07, 6.45) is 0. The Morgan fingerprint density at radius 2 is 1.27 bits per heavy atom. The number of rotatable bonds is 4. The molecule has 0 spiro atoms. The van der Waals surface area contributed by atoms with E-state index >= 15 is 0 Å². The smallest absolute Gasteiger partial charge is 0.124 e. The van der Waals surface area contributed by atoms with E-state index in [4.69, 9.17) is 21.1 Å². The first-order valence-corrected chi connectivity index (χ1v) is 8.20. The number of ether oxygens (including phenoxy) is 2. The minimum Gasteiger partial charge on any atom is -0.507 e. The Balaban J connectivity index is 1.72. The highest BCUT2D eigenvalue weighted by Crippen LogP contribution is 2.29. The van der Waals surface area contributed by atoms with E-state index in [1.54, 1.807) is 0 Å². The molecule has 22 heavy (non-hydrogen) atoms. The van der Waals surface area contributed by atoms with Gasteiger partial charge in [0.15, 0.2) is 0 Å². The van der Waals surface area contributed by atoms with Gasteiger partial charge in [0.05, 0.1) is 26.4 Å². The van der Waals surface area contributed by atoms with Gasteiger partial charge in [0.25, 0.3) is 0 Å². The highest BCUT2D eigenvalue weighted by Gasteiger charge is 2.18. The minimum atomic E-state index is 0.377. The predicted octanol–water partition coefficient (Wildman–Crippen LogP) is 1.71. The van der Waals surface area contributed by atoms with Gasteiger partial charge in [-0.05, 0) is 12.1 Å². The van der Waals surface area contributed by atoms with E-state index in [9.17, 15) is 5.11 Å². The Hall–Kier alpha value is -0.850. The number of nitrogens with zero attached hydrogens (tertiary/aromatic N) is 2. The van der Waals surface area contributed by atoms with Crippen LogP contribution in [-0.2, 0) is 22.6 Å². The normalized spacial score (nSPS) is 21.1. The maximum absolute atomic E-state index is 10.6. The summed E-state index contributed by atoms with van der Waals surface area (Å²) in [5.74, 6) is 0.377. The second kappa shape index (κ2) is 7.62. The van der Waals surface area contributed by atoms with Crippen LogP contribution in [0.5, 0.6) is 5.75 Å². The molecule has 0 saturated carbocycles. The predicted molar refractivity (Wildman–Crippen MR) is 85.3 cm³/mol. The first kappa shape index (κ1) is 16.0. The van der Waals surface area contributed by atoms with E-state index in [0.717, 1.165) is 63.7 Å². The second-order valence-corrected chi connectivity index (χ2v) is 6.29. The Morgan fingerprint density at radius 3 is 1.68 bits per heavy atom. The summed E-state index contributed by atoms with van der Waals surface area (Å²) in [4.78, 5) is 4.57. The number of halogens is 1. The third-order valence-corrected chi connectivity index (χ3v) is 4.45. The van der Waals surface area contributed by atoms with E-state index in [-0.39, 0.29) is 0 Å². The Morgan fingerprint density at radius 1 is 0.864 bits per heavy atom. The molecular weight excluding hydrogens is 304 g/mol. The summed E-state index contributed by atoms with van der Waals surface area (Å²) in [6.45, 7) is 8.01. The van der Waals surface area contributed by atoms with E-state index in [0.29, 0.717) is 23.9 Å². The minimum absolute atomic E-state index is 0.377. The maximum Gasteiger partial charge on any atom is 0.124 e. The highest BCUT2D eigenvalue weighted by atomic mass is 35.5. The van der Waals surface area contributed by atoms with Crippen molar-refractivity contribution in [3.05, 3.63) is 28.3 Å². The van der Waals surface area contributed by atoms with Crippen LogP contribution in [0.3, 0.4) is 0 Å². The zero-order valence-electron chi connectivity index (χ0n) is 12.8. The third kappa shape index (κ3) is 4.12. The lowest BCUT2D eigenvalue weighted by Gasteiger charge is -2.29. The summed E-state index contributed by atoms with van der Waals surface area (Å²) in [7, 11) is 0. The SMILES string of the molecule is Oc1c(CN2CCOCC2)cc(Cl)cc1CN1CCOCC1. The molecule has 0 aromatic heterocycles. The van der Waals surface area contributed by atoms with Crippen molar-refractivity contribution in [2.75, 3.05) is 52.6 Å². The molecule has 0 atom stereocenters. The fourth-order valence-electron chi connectivity index (χ4n) is 2.96. The monoisotopic (exact) mass is 326 g/mol. The summed E-state index contributed by atoms with van der Waals surface area (Å²) in [5, 5.41) is 11.3. The van der Waals surface area contributed by atoms with Crippen molar-refractivity contribution in [3.8, 4) is 5.75 Å². The summed E-state index contributed by atoms with van der Waals surface area (Å²) >= 11 is 6.26. The molecule has 1 aromatic carbocycles. The number of hydrogen-bond acceptors (Lipinski definition) is 5. The zero-order valence-corrected chi connectivity index (χ0v) is 13.5. The van der Waals surface area contributed by atoms with Gasteiger partial charge < -0.3 is 14.6 Å². The number of morpholine rings is 2. The number of phenolic OH excluding ortho intramolecular Hbond substituents is 1. The molecule has 0 bridgehead atoms. The van der Waals surface area contributed by atoms with Crippen molar-refractivity contribution in [2.24, 2.45) is 0 Å². The van der Waals surface area contributed by atoms with Crippen LogP contribution in [0, 0.1) is 0 Å². The van der Waals surface area contributed by atoms with Gasteiger partial charge in [-0.3, -0.25) is 9.80 Å². The van der Waals surface area contributed by atoms with E-state index < -0.39 is 0 Å².